The number of ether oxygens (including phenoxy) is 1. The van der Waals surface area contributed by atoms with Crippen LogP contribution in [0.3, 0.4) is 0 Å². The number of phenols is 1. The smallest absolute Gasteiger partial charge is 0.255 e. The standard InChI is InChI=1S/C15H16N2O3/c1-9-7-11(16)4-5-12(9)17-15(19)10-3-6-14(20-2)13(18)8-10/h3-8,18H,16H2,1-2H3,(H,17,19). The summed E-state index contributed by atoms with van der Waals surface area (Å²) in [5.74, 6) is -0.0600. The van der Waals surface area contributed by atoms with Crippen LogP contribution in [-0.4, -0.2) is 18.1 Å². The van der Waals surface area contributed by atoms with Crippen molar-refractivity contribution in [3.63, 3.8) is 0 Å². The molecule has 0 aromatic heterocycles. The van der Waals surface area contributed by atoms with Gasteiger partial charge in [-0.05, 0) is 48.9 Å². The summed E-state index contributed by atoms with van der Waals surface area (Å²) in [7, 11) is 1.45. The van der Waals surface area contributed by atoms with E-state index in [9.17, 15) is 9.90 Å². The second kappa shape index (κ2) is 5.52. The lowest BCUT2D eigenvalue weighted by molar-refractivity contribution is 0.102. The van der Waals surface area contributed by atoms with E-state index in [-0.39, 0.29) is 11.7 Å². The molecule has 0 unspecified atom stereocenters. The number of nitrogens with one attached hydrogen (secondary N) is 1. The molecule has 0 aliphatic carbocycles. The molecule has 2 aromatic rings. The molecule has 1 amide bonds. The van der Waals surface area contributed by atoms with Crippen molar-refractivity contribution in [1.29, 1.82) is 0 Å². The first kappa shape index (κ1) is 13.7. The minimum atomic E-state index is -0.309. The number of anilines is 2. The monoisotopic (exact) mass is 272 g/mol. The molecular weight excluding hydrogens is 256 g/mol. The Morgan fingerprint density at radius 2 is 2.00 bits per heavy atom. The van der Waals surface area contributed by atoms with Gasteiger partial charge in [0.25, 0.3) is 5.91 Å². The summed E-state index contributed by atoms with van der Waals surface area (Å²) in [5.41, 5.74) is 8.20. The number of hydrogen-bond donors (Lipinski definition) is 3. The predicted octanol–water partition coefficient (Wildman–Crippen LogP) is 2.54. The molecular formula is C15H16N2O3. The zero-order chi connectivity index (χ0) is 14.7. The number of aryl methyl sites for hydroxylation is 1. The van der Waals surface area contributed by atoms with Gasteiger partial charge in [0.15, 0.2) is 11.5 Å². The van der Waals surface area contributed by atoms with Crippen molar-refractivity contribution >= 4 is 17.3 Å². The van der Waals surface area contributed by atoms with Crippen LogP contribution in [0.15, 0.2) is 36.4 Å². The highest BCUT2D eigenvalue weighted by Crippen LogP contribution is 2.27. The van der Waals surface area contributed by atoms with Crippen molar-refractivity contribution in [1.82, 2.24) is 0 Å². The van der Waals surface area contributed by atoms with Gasteiger partial charge in [-0.15, -0.1) is 0 Å². The van der Waals surface area contributed by atoms with Gasteiger partial charge in [0.1, 0.15) is 0 Å². The van der Waals surface area contributed by atoms with Gasteiger partial charge in [-0.25, -0.2) is 0 Å². The van der Waals surface area contributed by atoms with Crippen LogP contribution in [0.1, 0.15) is 15.9 Å². The average Bonchev–Trinajstić information content (AvgIpc) is 2.41. The van der Waals surface area contributed by atoms with Gasteiger partial charge in [-0.3, -0.25) is 4.79 Å². The third-order valence-electron chi connectivity index (χ3n) is 2.94. The maximum atomic E-state index is 12.1. The SMILES string of the molecule is COc1ccc(C(=O)Nc2ccc(N)cc2C)cc1O. The summed E-state index contributed by atoms with van der Waals surface area (Å²) in [6.45, 7) is 1.86. The molecule has 0 saturated heterocycles. The molecule has 0 heterocycles. The van der Waals surface area contributed by atoms with E-state index in [0.29, 0.717) is 22.7 Å². The first-order chi connectivity index (χ1) is 9.51. The van der Waals surface area contributed by atoms with Crippen LogP contribution in [-0.2, 0) is 0 Å². The molecule has 104 valence electrons. The Kier molecular flexibility index (Phi) is 3.79. The number of rotatable bonds is 3. The Morgan fingerprint density at radius 3 is 2.60 bits per heavy atom. The van der Waals surface area contributed by atoms with Gasteiger partial charge >= 0.3 is 0 Å². The normalized spacial score (nSPS) is 10.1. The number of phenolic OH excluding ortho intramolecular Hbond substituents is 1. The Morgan fingerprint density at radius 1 is 1.25 bits per heavy atom. The Hall–Kier alpha value is -2.69. The first-order valence-corrected chi connectivity index (χ1v) is 6.05. The van der Waals surface area contributed by atoms with Gasteiger partial charge in [-0.1, -0.05) is 0 Å². The third kappa shape index (κ3) is 2.83. The number of amides is 1. The van der Waals surface area contributed by atoms with E-state index in [1.54, 1.807) is 30.3 Å². The second-order valence-corrected chi connectivity index (χ2v) is 4.42. The molecule has 0 atom stereocenters. The van der Waals surface area contributed by atoms with Crippen LogP contribution in [0.5, 0.6) is 11.5 Å². The summed E-state index contributed by atoms with van der Waals surface area (Å²) in [6, 6.07) is 9.72. The van der Waals surface area contributed by atoms with E-state index in [1.807, 2.05) is 6.92 Å². The van der Waals surface area contributed by atoms with Gasteiger partial charge in [0, 0.05) is 16.9 Å². The minimum absolute atomic E-state index is 0.0748. The number of nitrogen functional groups attached to an aromatic ring is 1. The van der Waals surface area contributed by atoms with Crippen LogP contribution in [0.2, 0.25) is 0 Å². The van der Waals surface area contributed by atoms with Crippen molar-refractivity contribution in [2.24, 2.45) is 0 Å². The fourth-order valence-corrected chi connectivity index (χ4v) is 1.85. The highest BCUT2D eigenvalue weighted by atomic mass is 16.5. The van der Waals surface area contributed by atoms with Crippen LogP contribution in [0.25, 0.3) is 0 Å². The Bertz CT molecular complexity index is 654. The molecule has 0 aliphatic rings. The fourth-order valence-electron chi connectivity index (χ4n) is 1.85. The van der Waals surface area contributed by atoms with Crippen molar-refractivity contribution in [3.05, 3.63) is 47.5 Å². The zero-order valence-electron chi connectivity index (χ0n) is 11.3. The van der Waals surface area contributed by atoms with Crippen molar-refractivity contribution in [2.45, 2.75) is 6.92 Å². The summed E-state index contributed by atoms with van der Waals surface area (Å²) in [4.78, 5) is 12.1. The summed E-state index contributed by atoms with van der Waals surface area (Å²) >= 11 is 0. The molecule has 0 fully saturated rings. The zero-order valence-corrected chi connectivity index (χ0v) is 11.3. The van der Waals surface area contributed by atoms with Crippen LogP contribution in [0, 0.1) is 6.92 Å². The maximum absolute atomic E-state index is 12.1. The van der Waals surface area contributed by atoms with Crippen molar-refractivity contribution in [3.8, 4) is 11.5 Å². The number of nitrogens with two attached hydrogens (primary N) is 1. The molecule has 2 aromatic carbocycles. The molecule has 0 aliphatic heterocycles. The van der Waals surface area contributed by atoms with E-state index in [4.69, 9.17) is 10.5 Å². The fraction of sp³-hybridized carbons (Fsp3) is 0.133. The van der Waals surface area contributed by atoms with Crippen molar-refractivity contribution < 1.29 is 14.6 Å². The minimum Gasteiger partial charge on any atom is -0.504 e. The largest absolute Gasteiger partial charge is 0.504 e. The van der Waals surface area contributed by atoms with Gasteiger partial charge in [0.05, 0.1) is 7.11 Å². The number of aromatic hydroxyl groups is 1. The molecule has 20 heavy (non-hydrogen) atoms. The number of methoxy groups -OCH3 is 1. The van der Waals surface area contributed by atoms with Gasteiger partial charge in [0.2, 0.25) is 0 Å². The summed E-state index contributed by atoms with van der Waals surface area (Å²) < 4.78 is 4.93. The molecule has 0 saturated carbocycles. The van der Waals surface area contributed by atoms with E-state index < -0.39 is 0 Å². The molecule has 0 spiro atoms. The predicted molar refractivity (Wildman–Crippen MR) is 78.2 cm³/mol. The molecule has 0 radical (unpaired) electrons. The molecule has 0 bridgehead atoms. The quantitative estimate of drug-likeness (QED) is 0.750. The number of carbonyl (C=O) groups excluding carboxylic acids is 1. The molecule has 2 rings (SSSR count). The molecule has 5 heteroatoms. The van der Waals surface area contributed by atoms with E-state index >= 15 is 0 Å². The van der Waals surface area contributed by atoms with Gasteiger partial charge < -0.3 is 20.9 Å². The lowest BCUT2D eigenvalue weighted by atomic mass is 10.1. The van der Waals surface area contributed by atoms with Crippen LogP contribution < -0.4 is 15.8 Å². The average molecular weight is 272 g/mol. The lowest BCUT2D eigenvalue weighted by Crippen LogP contribution is -2.12. The van der Waals surface area contributed by atoms with E-state index in [2.05, 4.69) is 5.32 Å². The number of carbonyl (C=O) groups is 1. The molecule has 4 N–H and O–H groups in total. The van der Waals surface area contributed by atoms with Gasteiger partial charge in [-0.2, -0.15) is 0 Å². The number of benzene rings is 2. The Balaban J connectivity index is 2.21. The van der Waals surface area contributed by atoms with Crippen molar-refractivity contribution in [2.75, 3.05) is 18.2 Å². The molecule has 5 nitrogen and oxygen atoms in total. The highest BCUT2D eigenvalue weighted by molar-refractivity contribution is 6.05. The van der Waals surface area contributed by atoms with Crippen LogP contribution >= 0.6 is 0 Å². The summed E-state index contributed by atoms with van der Waals surface area (Å²) in [6.07, 6.45) is 0. The second-order valence-electron chi connectivity index (χ2n) is 4.42. The van der Waals surface area contributed by atoms with E-state index in [0.717, 1.165) is 5.56 Å². The summed E-state index contributed by atoms with van der Waals surface area (Å²) in [5, 5.41) is 12.4. The third-order valence-corrected chi connectivity index (χ3v) is 2.94. The maximum Gasteiger partial charge on any atom is 0.255 e. The Labute approximate surface area is 117 Å². The first-order valence-electron chi connectivity index (χ1n) is 6.05. The lowest BCUT2D eigenvalue weighted by Gasteiger charge is -2.10. The van der Waals surface area contributed by atoms with Crippen LogP contribution in [0.4, 0.5) is 11.4 Å². The topological polar surface area (TPSA) is 84.6 Å². The highest BCUT2D eigenvalue weighted by Gasteiger charge is 2.11. The van der Waals surface area contributed by atoms with E-state index in [1.165, 1.54) is 13.2 Å². The number of hydrogen-bond acceptors (Lipinski definition) is 4.